The van der Waals surface area contributed by atoms with Crippen LogP contribution < -0.4 is 15.3 Å². The zero-order valence-electron chi connectivity index (χ0n) is 27.0. The topological polar surface area (TPSA) is 145 Å². The van der Waals surface area contributed by atoms with Crippen LogP contribution >= 0.6 is 0 Å². The highest BCUT2D eigenvalue weighted by Gasteiger charge is 2.32. The average molecular weight is 681 g/mol. The molecular formula is C33H34F2N6O6S. The second-order valence-electron chi connectivity index (χ2n) is 11.7. The lowest BCUT2D eigenvalue weighted by molar-refractivity contribution is -0.134. The molecule has 0 unspecified atom stereocenters. The predicted molar refractivity (Wildman–Crippen MR) is 175 cm³/mol. The van der Waals surface area contributed by atoms with Crippen molar-refractivity contribution in [3.05, 3.63) is 77.0 Å². The molecule has 3 aromatic heterocycles. The Hall–Kier alpha value is -5.05. The number of piperazine rings is 1. The molecular weight excluding hydrogens is 646 g/mol. The number of carbonyl (C=O) groups excluding carboxylic acids is 2. The van der Waals surface area contributed by atoms with Crippen molar-refractivity contribution in [2.24, 2.45) is 0 Å². The van der Waals surface area contributed by atoms with Gasteiger partial charge in [0, 0.05) is 44.5 Å². The van der Waals surface area contributed by atoms with Gasteiger partial charge in [-0.2, -0.15) is 4.98 Å². The van der Waals surface area contributed by atoms with E-state index in [0.29, 0.717) is 0 Å². The van der Waals surface area contributed by atoms with E-state index in [-0.39, 0.29) is 70.8 Å². The lowest BCUT2D eigenvalue weighted by Gasteiger charge is -2.40. The van der Waals surface area contributed by atoms with Crippen molar-refractivity contribution in [1.29, 1.82) is 0 Å². The zero-order valence-corrected chi connectivity index (χ0v) is 27.8. The quantitative estimate of drug-likeness (QED) is 0.151. The third-order valence-corrected chi connectivity index (χ3v) is 9.13. The largest absolute Gasteiger partial charge is 0.426 e. The molecule has 0 bridgehead atoms. The van der Waals surface area contributed by atoms with Gasteiger partial charge in [0.25, 0.3) is 0 Å². The van der Waals surface area contributed by atoms with Gasteiger partial charge in [-0.3, -0.25) is 14.6 Å². The van der Waals surface area contributed by atoms with Crippen molar-refractivity contribution < 1.29 is 31.5 Å². The summed E-state index contributed by atoms with van der Waals surface area (Å²) in [7, 11) is -3.98. The summed E-state index contributed by atoms with van der Waals surface area (Å²) in [6.45, 7) is 11.1. The Kier molecular flexibility index (Phi) is 9.44. The fourth-order valence-corrected chi connectivity index (χ4v) is 6.57. The fourth-order valence-electron chi connectivity index (χ4n) is 5.71. The molecule has 1 aromatic carbocycles. The highest BCUT2D eigenvalue weighted by molar-refractivity contribution is 7.90. The molecule has 0 aliphatic carbocycles. The van der Waals surface area contributed by atoms with Crippen LogP contribution in [0.25, 0.3) is 28.0 Å². The lowest BCUT2D eigenvalue weighted by atomic mass is 10.1. The molecule has 1 atom stereocenters. The molecule has 4 aromatic rings. The van der Waals surface area contributed by atoms with Crippen LogP contribution in [-0.2, 0) is 19.4 Å². The van der Waals surface area contributed by atoms with Crippen LogP contribution in [0.5, 0.6) is 5.75 Å². The van der Waals surface area contributed by atoms with E-state index in [9.17, 15) is 22.8 Å². The predicted octanol–water partition coefficient (Wildman–Crippen LogP) is 4.19. The van der Waals surface area contributed by atoms with Gasteiger partial charge in [-0.25, -0.2) is 31.5 Å². The fraction of sp³-hybridized carbons (Fsp3) is 0.333. The minimum absolute atomic E-state index is 0.00708. The van der Waals surface area contributed by atoms with Gasteiger partial charge in [0.1, 0.15) is 23.1 Å². The summed E-state index contributed by atoms with van der Waals surface area (Å²) < 4.78 is 64.2. The summed E-state index contributed by atoms with van der Waals surface area (Å²) in [6, 6.07) is 5.49. The maximum atomic E-state index is 16.3. The maximum absolute atomic E-state index is 16.3. The summed E-state index contributed by atoms with van der Waals surface area (Å²) in [5.74, 6) is -3.63. The molecule has 1 saturated heterocycles. The van der Waals surface area contributed by atoms with E-state index in [1.165, 1.54) is 37.4 Å². The Bertz CT molecular complexity index is 2140. The second-order valence-corrected chi connectivity index (χ2v) is 13.7. The van der Waals surface area contributed by atoms with Gasteiger partial charge in [0.05, 0.1) is 27.2 Å². The first-order valence-corrected chi connectivity index (χ1v) is 17.1. The zero-order chi connectivity index (χ0) is 35.1. The molecule has 0 N–H and O–H groups in total. The van der Waals surface area contributed by atoms with Crippen LogP contribution in [0.1, 0.15) is 45.7 Å². The molecule has 1 fully saturated rings. The van der Waals surface area contributed by atoms with E-state index in [2.05, 4.69) is 21.5 Å². The van der Waals surface area contributed by atoms with E-state index in [0.717, 1.165) is 23.0 Å². The van der Waals surface area contributed by atoms with Gasteiger partial charge in [-0.15, -0.1) is 0 Å². The van der Waals surface area contributed by atoms with Crippen molar-refractivity contribution in [1.82, 2.24) is 24.4 Å². The molecule has 5 rings (SSSR count). The molecule has 15 heteroatoms. The van der Waals surface area contributed by atoms with Crippen molar-refractivity contribution in [3.63, 3.8) is 0 Å². The molecule has 1 aliphatic rings. The van der Waals surface area contributed by atoms with Gasteiger partial charge in [-0.1, -0.05) is 33.4 Å². The molecule has 252 valence electrons. The molecule has 48 heavy (non-hydrogen) atoms. The minimum Gasteiger partial charge on any atom is -0.426 e. The van der Waals surface area contributed by atoms with E-state index < -0.39 is 56.3 Å². The van der Waals surface area contributed by atoms with E-state index in [1.54, 1.807) is 30.6 Å². The minimum atomic E-state index is -3.98. The van der Waals surface area contributed by atoms with Crippen molar-refractivity contribution >= 4 is 38.6 Å². The number of hydrogen-bond acceptors (Lipinski definition) is 10. The van der Waals surface area contributed by atoms with Gasteiger partial charge in [0.15, 0.2) is 21.3 Å². The van der Waals surface area contributed by atoms with Gasteiger partial charge in [-0.05, 0) is 43.2 Å². The first kappa shape index (κ1) is 34.3. The van der Waals surface area contributed by atoms with E-state index in [1.807, 2.05) is 0 Å². The standard InChI is InChI=1S/C33H34F2N6O6S/c1-7-25(42)39-14-15-40(19(5)17-39)31-20-16-22(35)29(27-21(34)10-9-11-23(27)47-26(43)8-2)37-32(20)41(33(44)38-31)30-24(48(6,45)46)12-13-36-28(30)18(3)4/h7,9-13,16,18-19H,1,8,14-15,17H2,2-6H3/t19-/m0/s1. The molecule has 1 aliphatic heterocycles. The van der Waals surface area contributed by atoms with Crippen LogP contribution in [0.3, 0.4) is 0 Å². The number of rotatable bonds is 8. The number of aromatic nitrogens is 4. The van der Waals surface area contributed by atoms with Crippen LogP contribution in [0.15, 0.2) is 58.9 Å². The number of carbonyl (C=O) groups is 2. The Morgan fingerprint density at radius 1 is 1.15 bits per heavy atom. The van der Waals surface area contributed by atoms with Crippen LogP contribution in [0.2, 0.25) is 0 Å². The number of sulfone groups is 1. The molecule has 0 spiro atoms. The highest BCUT2D eigenvalue weighted by Crippen LogP contribution is 2.38. The van der Waals surface area contributed by atoms with E-state index in [4.69, 9.17) is 4.74 Å². The molecule has 12 nitrogen and oxygen atoms in total. The number of fused-ring (bicyclic) bond motifs is 1. The Morgan fingerprint density at radius 2 is 1.88 bits per heavy atom. The summed E-state index contributed by atoms with van der Waals surface area (Å²) in [4.78, 5) is 55.0. The smallest absolute Gasteiger partial charge is 0.355 e. The number of nitrogens with zero attached hydrogens (tertiary/aromatic N) is 6. The second kappa shape index (κ2) is 13.2. The van der Waals surface area contributed by atoms with Crippen molar-refractivity contribution in [3.8, 4) is 22.7 Å². The third-order valence-electron chi connectivity index (χ3n) is 8.00. The molecule has 1 amide bonds. The van der Waals surface area contributed by atoms with Crippen LogP contribution in [-0.4, -0.2) is 76.6 Å². The summed E-state index contributed by atoms with van der Waals surface area (Å²) >= 11 is 0. The number of ether oxygens (including phenoxy) is 1. The number of anilines is 1. The Balaban J connectivity index is 1.90. The average Bonchev–Trinajstić information content (AvgIpc) is 3.03. The first-order valence-electron chi connectivity index (χ1n) is 15.2. The molecule has 4 heterocycles. The Labute approximate surface area is 275 Å². The van der Waals surface area contributed by atoms with E-state index >= 15 is 8.78 Å². The lowest BCUT2D eigenvalue weighted by Crippen LogP contribution is -2.54. The Morgan fingerprint density at radius 3 is 2.50 bits per heavy atom. The highest BCUT2D eigenvalue weighted by atomic mass is 32.2. The third kappa shape index (κ3) is 6.29. The number of esters is 1. The summed E-state index contributed by atoms with van der Waals surface area (Å²) in [6.07, 6.45) is 3.44. The van der Waals surface area contributed by atoms with Crippen LogP contribution in [0.4, 0.5) is 14.6 Å². The summed E-state index contributed by atoms with van der Waals surface area (Å²) in [5.41, 5.74) is -2.17. The summed E-state index contributed by atoms with van der Waals surface area (Å²) in [5, 5.41) is 0.00708. The normalized spacial score (nSPS) is 15.2. The SMILES string of the molecule is C=CC(=O)N1CCN(c2nc(=O)n(-c3c(S(C)(=O)=O)ccnc3C(C)C)c3nc(-c4c(F)cccc4OC(=O)CC)c(F)cc23)[C@@H](C)C1. The van der Waals surface area contributed by atoms with Gasteiger partial charge < -0.3 is 14.5 Å². The number of halogens is 2. The first-order chi connectivity index (χ1) is 22.7. The maximum Gasteiger partial charge on any atom is 0.355 e. The van der Waals surface area contributed by atoms with Gasteiger partial charge >= 0.3 is 11.7 Å². The van der Waals surface area contributed by atoms with Crippen molar-refractivity contribution in [2.75, 3.05) is 30.8 Å². The molecule has 0 saturated carbocycles. The van der Waals surface area contributed by atoms with Crippen LogP contribution in [0, 0.1) is 11.6 Å². The van der Waals surface area contributed by atoms with Crippen molar-refractivity contribution in [2.45, 2.75) is 51.0 Å². The van der Waals surface area contributed by atoms with Gasteiger partial charge in [0.2, 0.25) is 5.91 Å². The number of hydrogen-bond donors (Lipinski definition) is 0. The number of amides is 1. The monoisotopic (exact) mass is 680 g/mol. The number of benzene rings is 1. The molecule has 0 radical (unpaired) electrons. The number of pyridine rings is 2.